The summed E-state index contributed by atoms with van der Waals surface area (Å²) in [4.78, 5) is 23.2. The van der Waals surface area contributed by atoms with E-state index in [9.17, 15) is 9.59 Å². The highest BCUT2D eigenvalue weighted by atomic mass is 16.4. The molecule has 0 heterocycles. The summed E-state index contributed by atoms with van der Waals surface area (Å²) < 4.78 is 0. The standard InChI is InChI=1S/C13H24N2O3/c1-3-5-10(11(16)17)15-12(18)13(14)7-4-6-9(2)8-13/h9-10H,3-8,14H2,1-2H3,(H,15,18)(H,16,17)/t9?,10-,13?/m0/s1. The molecule has 1 rings (SSSR count). The van der Waals surface area contributed by atoms with E-state index in [2.05, 4.69) is 12.2 Å². The number of carboxylic acid groups (broad SMARTS) is 1. The Balaban J connectivity index is 2.65. The Morgan fingerprint density at radius 3 is 2.72 bits per heavy atom. The van der Waals surface area contributed by atoms with E-state index in [4.69, 9.17) is 10.8 Å². The highest BCUT2D eigenvalue weighted by Crippen LogP contribution is 2.30. The molecule has 4 N–H and O–H groups in total. The fraction of sp³-hybridized carbons (Fsp3) is 0.846. The van der Waals surface area contributed by atoms with Crippen LogP contribution in [-0.2, 0) is 9.59 Å². The van der Waals surface area contributed by atoms with Crippen molar-refractivity contribution in [2.45, 2.75) is 64.0 Å². The molecule has 0 aliphatic heterocycles. The first kappa shape index (κ1) is 15.0. The minimum absolute atomic E-state index is 0.310. The van der Waals surface area contributed by atoms with Gasteiger partial charge in [-0.1, -0.05) is 33.1 Å². The van der Waals surface area contributed by atoms with Gasteiger partial charge < -0.3 is 16.2 Å². The van der Waals surface area contributed by atoms with Gasteiger partial charge >= 0.3 is 5.97 Å². The summed E-state index contributed by atoms with van der Waals surface area (Å²) in [5, 5.41) is 11.6. The maximum absolute atomic E-state index is 12.2. The molecule has 0 aromatic carbocycles. The molecule has 0 aromatic heterocycles. The number of carboxylic acids is 1. The normalized spacial score (nSPS) is 29.6. The molecule has 0 spiro atoms. The molecule has 5 nitrogen and oxygen atoms in total. The zero-order valence-corrected chi connectivity index (χ0v) is 11.2. The molecular weight excluding hydrogens is 232 g/mol. The summed E-state index contributed by atoms with van der Waals surface area (Å²) in [7, 11) is 0. The van der Waals surface area contributed by atoms with Crippen LogP contribution in [0.15, 0.2) is 0 Å². The molecule has 1 aliphatic rings. The van der Waals surface area contributed by atoms with Crippen LogP contribution < -0.4 is 11.1 Å². The third-order valence-corrected chi connectivity index (χ3v) is 3.67. The van der Waals surface area contributed by atoms with E-state index in [-0.39, 0.29) is 5.91 Å². The largest absolute Gasteiger partial charge is 0.480 e. The van der Waals surface area contributed by atoms with Gasteiger partial charge in [-0.3, -0.25) is 4.79 Å². The lowest BCUT2D eigenvalue weighted by atomic mass is 9.76. The van der Waals surface area contributed by atoms with Crippen LogP contribution in [0.3, 0.4) is 0 Å². The van der Waals surface area contributed by atoms with E-state index in [1.807, 2.05) is 6.92 Å². The zero-order valence-electron chi connectivity index (χ0n) is 11.2. The smallest absolute Gasteiger partial charge is 0.326 e. The van der Waals surface area contributed by atoms with Gasteiger partial charge in [-0.2, -0.15) is 0 Å². The third-order valence-electron chi connectivity index (χ3n) is 3.67. The number of amides is 1. The van der Waals surface area contributed by atoms with Crippen molar-refractivity contribution >= 4 is 11.9 Å². The number of nitrogens with two attached hydrogens (primary N) is 1. The van der Waals surface area contributed by atoms with Crippen LogP contribution in [0.2, 0.25) is 0 Å². The molecule has 1 amide bonds. The number of hydrogen-bond acceptors (Lipinski definition) is 3. The highest BCUT2D eigenvalue weighted by molar-refractivity contribution is 5.90. The molecule has 0 bridgehead atoms. The van der Waals surface area contributed by atoms with Gasteiger partial charge in [0.2, 0.25) is 5.91 Å². The van der Waals surface area contributed by atoms with E-state index in [0.29, 0.717) is 31.6 Å². The van der Waals surface area contributed by atoms with Crippen molar-refractivity contribution < 1.29 is 14.7 Å². The summed E-state index contributed by atoms with van der Waals surface area (Å²) in [5.41, 5.74) is 5.24. The summed E-state index contributed by atoms with van der Waals surface area (Å²) in [6.07, 6.45) is 4.44. The van der Waals surface area contributed by atoms with Gasteiger partial charge in [0.05, 0.1) is 5.54 Å². The van der Waals surface area contributed by atoms with E-state index >= 15 is 0 Å². The quantitative estimate of drug-likeness (QED) is 0.690. The minimum Gasteiger partial charge on any atom is -0.480 e. The molecule has 18 heavy (non-hydrogen) atoms. The zero-order chi connectivity index (χ0) is 13.8. The van der Waals surface area contributed by atoms with Crippen LogP contribution in [0.1, 0.15) is 52.4 Å². The molecule has 5 heteroatoms. The maximum atomic E-state index is 12.2. The van der Waals surface area contributed by atoms with Crippen molar-refractivity contribution in [3.8, 4) is 0 Å². The van der Waals surface area contributed by atoms with Crippen molar-refractivity contribution in [1.29, 1.82) is 0 Å². The van der Waals surface area contributed by atoms with Crippen LogP contribution in [0.4, 0.5) is 0 Å². The number of aliphatic carboxylic acids is 1. The van der Waals surface area contributed by atoms with Crippen LogP contribution >= 0.6 is 0 Å². The van der Waals surface area contributed by atoms with Crippen LogP contribution in [0.25, 0.3) is 0 Å². The topological polar surface area (TPSA) is 92.4 Å². The molecule has 1 saturated carbocycles. The average Bonchev–Trinajstić information content (AvgIpc) is 2.27. The van der Waals surface area contributed by atoms with Gasteiger partial charge in [0.1, 0.15) is 6.04 Å². The number of carbonyl (C=O) groups excluding carboxylic acids is 1. The maximum Gasteiger partial charge on any atom is 0.326 e. The van der Waals surface area contributed by atoms with Gasteiger partial charge in [0.15, 0.2) is 0 Å². The van der Waals surface area contributed by atoms with Crippen molar-refractivity contribution in [3.63, 3.8) is 0 Å². The number of rotatable bonds is 5. The molecule has 0 radical (unpaired) electrons. The third kappa shape index (κ3) is 3.70. The Morgan fingerprint density at radius 1 is 1.56 bits per heavy atom. The van der Waals surface area contributed by atoms with Gasteiger partial charge in [0, 0.05) is 0 Å². The van der Waals surface area contributed by atoms with Crippen LogP contribution in [-0.4, -0.2) is 28.6 Å². The molecule has 104 valence electrons. The molecule has 1 fully saturated rings. The fourth-order valence-electron chi connectivity index (χ4n) is 2.65. The second kappa shape index (κ2) is 6.18. The second-order valence-corrected chi connectivity index (χ2v) is 5.51. The first-order valence-corrected chi connectivity index (χ1v) is 6.71. The first-order chi connectivity index (χ1) is 8.39. The molecule has 1 aliphatic carbocycles. The van der Waals surface area contributed by atoms with Crippen molar-refractivity contribution in [3.05, 3.63) is 0 Å². The molecule has 0 aromatic rings. The fourth-order valence-corrected chi connectivity index (χ4v) is 2.65. The summed E-state index contributed by atoms with van der Waals surface area (Å²) in [6, 6.07) is -0.819. The average molecular weight is 256 g/mol. The second-order valence-electron chi connectivity index (χ2n) is 5.51. The monoisotopic (exact) mass is 256 g/mol. The van der Waals surface area contributed by atoms with Crippen molar-refractivity contribution in [2.24, 2.45) is 11.7 Å². The van der Waals surface area contributed by atoms with Gasteiger partial charge in [0.25, 0.3) is 0 Å². The summed E-state index contributed by atoms with van der Waals surface area (Å²) in [5.74, 6) is -0.878. The van der Waals surface area contributed by atoms with E-state index in [1.165, 1.54) is 0 Å². The summed E-state index contributed by atoms with van der Waals surface area (Å²) in [6.45, 7) is 3.97. The lowest BCUT2D eigenvalue weighted by Gasteiger charge is -2.36. The molecular formula is C13H24N2O3. The lowest BCUT2D eigenvalue weighted by Crippen LogP contribution is -2.59. The molecule has 0 saturated heterocycles. The van der Waals surface area contributed by atoms with Crippen LogP contribution in [0.5, 0.6) is 0 Å². The Labute approximate surface area is 108 Å². The van der Waals surface area contributed by atoms with E-state index < -0.39 is 17.6 Å². The Bertz CT molecular complexity index is 319. The predicted molar refractivity (Wildman–Crippen MR) is 69.0 cm³/mol. The Hall–Kier alpha value is -1.10. The highest BCUT2D eigenvalue weighted by Gasteiger charge is 2.39. The Kier molecular flexibility index (Phi) is 5.14. The van der Waals surface area contributed by atoms with E-state index in [0.717, 1.165) is 12.8 Å². The van der Waals surface area contributed by atoms with Gasteiger partial charge in [-0.15, -0.1) is 0 Å². The Morgan fingerprint density at radius 2 is 2.22 bits per heavy atom. The first-order valence-electron chi connectivity index (χ1n) is 6.71. The van der Waals surface area contributed by atoms with Crippen molar-refractivity contribution in [2.75, 3.05) is 0 Å². The van der Waals surface area contributed by atoms with Crippen LogP contribution in [0, 0.1) is 5.92 Å². The number of nitrogens with one attached hydrogen (secondary N) is 1. The van der Waals surface area contributed by atoms with Gasteiger partial charge in [-0.25, -0.2) is 4.79 Å². The van der Waals surface area contributed by atoms with E-state index in [1.54, 1.807) is 0 Å². The lowest BCUT2D eigenvalue weighted by molar-refractivity contribution is -0.143. The minimum atomic E-state index is -0.988. The predicted octanol–water partition coefficient (Wildman–Crippen LogP) is 1.26. The van der Waals surface area contributed by atoms with Gasteiger partial charge in [-0.05, 0) is 25.2 Å². The number of hydrogen-bond donors (Lipinski definition) is 3. The molecule has 2 unspecified atom stereocenters. The van der Waals surface area contributed by atoms with Crippen molar-refractivity contribution in [1.82, 2.24) is 5.32 Å². The summed E-state index contributed by atoms with van der Waals surface area (Å²) >= 11 is 0. The molecule has 3 atom stereocenters. The number of carbonyl (C=O) groups is 2. The SMILES string of the molecule is CCC[C@H](NC(=O)C1(N)CCCC(C)C1)C(=O)O.